The van der Waals surface area contributed by atoms with E-state index in [2.05, 4.69) is 59.1 Å². The largest absolute Gasteiger partial charge is 0.497 e. The van der Waals surface area contributed by atoms with Crippen LogP contribution in [0.15, 0.2) is 66.9 Å². The van der Waals surface area contributed by atoms with E-state index in [-0.39, 0.29) is 40.3 Å². The van der Waals surface area contributed by atoms with E-state index in [0.717, 1.165) is 126 Å². The minimum atomic E-state index is -0.514. The van der Waals surface area contributed by atoms with Gasteiger partial charge in [-0.3, -0.25) is 4.68 Å². The van der Waals surface area contributed by atoms with Crippen LogP contribution in [0.4, 0.5) is 22.6 Å². The lowest BCUT2D eigenvalue weighted by Gasteiger charge is -2.69. The van der Waals surface area contributed by atoms with E-state index in [0.29, 0.717) is 37.0 Å². The van der Waals surface area contributed by atoms with Crippen molar-refractivity contribution in [2.75, 3.05) is 50.2 Å². The molecule has 2 N–H and O–H groups in total. The average Bonchev–Trinajstić information content (AvgIpc) is 4.03. The number of carbonyl (C=O) groups excluding carboxylic acids is 1. The lowest BCUT2D eigenvalue weighted by molar-refractivity contribution is -0.247. The highest BCUT2D eigenvalue weighted by Crippen LogP contribution is 2.72. The summed E-state index contributed by atoms with van der Waals surface area (Å²) >= 11 is 1.59. The van der Waals surface area contributed by atoms with E-state index in [9.17, 15) is 4.79 Å². The Balaban J connectivity index is 0.847. The van der Waals surface area contributed by atoms with Gasteiger partial charge in [-0.2, -0.15) is 5.10 Å². The maximum Gasteiger partial charge on any atom is 0.358 e. The summed E-state index contributed by atoms with van der Waals surface area (Å²) in [5.74, 6) is 1.74. The molecule has 4 aromatic heterocycles. The molecule has 5 fully saturated rings. The third kappa shape index (κ3) is 9.65. The number of esters is 1. The van der Waals surface area contributed by atoms with Gasteiger partial charge in [-0.05, 0) is 150 Å². The van der Waals surface area contributed by atoms with Gasteiger partial charge in [0.05, 0.1) is 48.4 Å². The van der Waals surface area contributed by atoms with Gasteiger partial charge in [0, 0.05) is 47.6 Å². The number of thiazole rings is 1. The lowest BCUT2D eigenvalue weighted by Crippen LogP contribution is -2.64. The first-order valence-electron chi connectivity index (χ1n) is 25.4. The molecule has 6 aromatic rings. The molecule has 6 aliphatic rings. The van der Waals surface area contributed by atoms with Crippen LogP contribution in [-0.4, -0.2) is 93.4 Å². The van der Waals surface area contributed by atoms with E-state index in [1.807, 2.05) is 74.6 Å². The van der Waals surface area contributed by atoms with Gasteiger partial charge in [-0.1, -0.05) is 49.4 Å². The molecule has 4 bridgehead atoms. The smallest absolute Gasteiger partial charge is 0.358 e. The van der Waals surface area contributed by atoms with Crippen LogP contribution in [-0.2, 0) is 38.5 Å². The van der Waals surface area contributed by atoms with Gasteiger partial charge in [0.2, 0.25) is 0 Å². The summed E-state index contributed by atoms with van der Waals surface area (Å²) in [6.07, 6.45) is 11.4. The molecule has 3 atom stereocenters. The molecule has 0 spiro atoms. The fraction of sp³-hybridized carbons (Fsp3) is 0.527. The molecule has 1 saturated heterocycles. The monoisotopic (exact) mass is 981 g/mol. The number of rotatable bonds is 17. The second kappa shape index (κ2) is 18.5. The first-order chi connectivity index (χ1) is 34.1. The van der Waals surface area contributed by atoms with Crippen LogP contribution in [0.1, 0.15) is 112 Å². The maximum absolute atomic E-state index is 14.5. The van der Waals surface area contributed by atoms with Crippen molar-refractivity contribution in [3.05, 3.63) is 94.9 Å². The fourth-order valence-electron chi connectivity index (χ4n) is 13.8. The molecule has 15 nitrogen and oxygen atoms in total. The molecule has 4 saturated carbocycles. The van der Waals surface area contributed by atoms with Crippen molar-refractivity contribution in [1.29, 1.82) is 0 Å². The molecule has 6 heterocycles. The molecular formula is C55H67N9O6S. The molecule has 2 aliphatic heterocycles. The zero-order valence-electron chi connectivity index (χ0n) is 42.2. The minimum Gasteiger partial charge on any atom is -0.497 e. The van der Waals surface area contributed by atoms with E-state index in [1.165, 1.54) is 6.42 Å². The minimum absolute atomic E-state index is 0.0270. The van der Waals surface area contributed by atoms with Crippen molar-refractivity contribution in [2.24, 2.45) is 16.2 Å². The molecule has 71 heavy (non-hydrogen) atoms. The summed E-state index contributed by atoms with van der Waals surface area (Å²) in [5, 5.41) is 22.4. The third-order valence-corrected chi connectivity index (χ3v) is 16.7. The molecule has 2 aromatic carbocycles. The van der Waals surface area contributed by atoms with Crippen LogP contribution >= 0.6 is 11.3 Å². The molecule has 12 rings (SSSR count). The molecule has 2 unspecified atom stereocenters. The second-order valence-electron chi connectivity index (χ2n) is 22.3. The number of hydrogen-bond acceptors (Lipinski definition) is 15. The van der Waals surface area contributed by atoms with Gasteiger partial charge >= 0.3 is 5.97 Å². The maximum atomic E-state index is 14.5. The SMILES string of the molecule is COc1ccc(COC(=O)c2nc(N3CCCc4c3nnc(Nc3nc5ccccc5s3)c4C)ccc2-c2cnn(CC34CC5(C)CC(C)(C3)CC(OCCNCC[C@H]3COC(C)(C)O3)(C5)C4)c2C)cc1. The Labute approximate surface area is 420 Å². The Morgan fingerprint density at radius 2 is 1.70 bits per heavy atom. The molecule has 4 aliphatic carbocycles. The van der Waals surface area contributed by atoms with E-state index in [1.54, 1.807) is 18.4 Å². The van der Waals surface area contributed by atoms with Crippen LogP contribution in [0.25, 0.3) is 21.3 Å². The predicted molar refractivity (Wildman–Crippen MR) is 275 cm³/mol. The Kier molecular flexibility index (Phi) is 12.5. The number of ether oxygens (including phenoxy) is 5. The Bertz CT molecular complexity index is 2900. The summed E-state index contributed by atoms with van der Waals surface area (Å²) in [5.41, 5.74) is 6.89. The molecule has 374 valence electrons. The highest BCUT2D eigenvalue weighted by molar-refractivity contribution is 7.22. The zero-order chi connectivity index (χ0) is 49.2. The first-order valence-corrected chi connectivity index (χ1v) is 26.2. The number of methoxy groups -OCH3 is 1. The number of anilines is 4. The Morgan fingerprint density at radius 1 is 0.901 bits per heavy atom. The van der Waals surface area contributed by atoms with Crippen LogP contribution in [0.2, 0.25) is 0 Å². The number of nitrogens with one attached hydrogen (secondary N) is 2. The number of carbonyl (C=O) groups is 1. The third-order valence-electron chi connectivity index (χ3n) is 15.7. The van der Waals surface area contributed by atoms with Gasteiger partial charge < -0.3 is 39.2 Å². The standard InChI is InChI=1S/C55H67N9O6S/c1-35-40-11-10-23-63(48(40)62-61-47(35)60-50-58-43-12-8-9-13-44(43)71-50)45-19-18-41(46(59-45)49(65)67-26-37-14-16-38(66-7)17-15-37)42-25-57-64(36(42)2)34-54-29-52(5)28-53(6,30-54)32-55(31-52,33-54)68-24-22-56-21-20-39-27-69-51(3,4)70-39/h8-9,12-19,25,39,56H,10-11,20-24,26-34H2,1-7H3,(H,58,60,61)/t39-,52?,53?,54?,55?/m0/s1. The Hall–Kier alpha value is -5.52. The quantitative estimate of drug-likeness (QED) is 0.0656. The van der Waals surface area contributed by atoms with Gasteiger partial charge in [-0.15, -0.1) is 10.2 Å². The van der Waals surface area contributed by atoms with Gasteiger partial charge in [0.1, 0.15) is 18.2 Å². The zero-order valence-corrected chi connectivity index (χ0v) is 43.0. The highest BCUT2D eigenvalue weighted by Gasteiger charge is 2.66. The number of hydrogen-bond donors (Lipinski definition) is 2. The number of benzene rings is 2. The summed E-state index contributed by atoms with van der Waals surface area (Å²) in [6.45, 7) is 17.7. The summed E-state index contributed by atoms with van der Waals surface area (Å²) in [4.78, 5) is 26.5. The van der Waals surface area contributed by atoms with Gasteiger partial charge in [-0.25, -0.2) is 14.8 Å². The molecule has 16 heteroatoms. The predicted octanol–water partition coefficient (Wildman–Crippen LogP) is 10.4. The normalized spacial score (nSPS) is 26.2. The van der Waals surface area contributed by atoms with Crippen molar-refractivity contribution in [2.45, 2.75) is 130 Å². The van der Waals surface area contributed by atoms with E-state index < -0.39 is 11.8 Å². The summed E-state index contributed by atoms with van der Waals surface area (Å²) in [6, 6.07) is 19.6. The van der Waals surface area contributed by atoms with Crippen molar-refractivity contribution >= 4 is 50.1 Å². The highest BCUT2D eigenvalue weighted by atomic mass is 32.1. The van der Waals surface area contributed by atoms with Crippen LogP contribution in [0.5, 0.6) is 5.75 Å². The molecule has 0 amide bonds. The lowest BCUT2D eigenvalue weighted by atomic mass is 9.39. The number of nitrogens with zero attached hydrogens (tertiary/aromatic N) is 7. The van der Waals surface area contributed by atoms with Crippen molar-refractivity contribution in [3.63, 3.8) is 0 Å². The first kappa shape index (κ1) is 47.8. The van der Waals surface area contributed by atoms with Crippen LogP contribution in [0, 0.1) is 30.1 Å². The van der Waals surface area contributed by atoms with Crippen molar-refractivity contribution in [1.82, 2.24) is 35.3 Å². The molecule has 0 radical (unpaired) electrons. The number of aromatic nitrogens is 6. The van der Waals surface area contributed by atoms with Crippen molar-refractivity contribution in [3.8, 4) is 16.9 Å². The van der Waals surface area contributed by atoms with Crippen LogP contribution in [0.3, 0.4) is 0 Å². The number of pyridine rings is 1. The summed E-state index contributed by atoms with van der Waals surface area (Å²) < 4.78 is 33.5. The fourth-order valence-corrected chi connectivity index (χ4v) is 14.7. The van der Waals surface area contributed by atoms with E-state index >= 15 is 0 Å². The summed E-state index contributed by atoms with van der Waals surface area (Å²) in [7, 11) is 1.63. The topological polar surface area (TPSA) is 160 Å². The molecular weight excluding hydrogens is 915 g/mol. The average molecular weight is 982 g/mol. The number of fused-ring (bicyclic) bond motifs is 2. The second-order valence-corrected chi connectivity index (χ2v) is 23.4. The van der Waals surface area contributed by atoms with E-state index in [4.69, 9.17) is 43.8 Å². The van der Waals surface area contributed by atoms with Crippen molar-refractivity contribution < 1.29 is 28.5 Å². The van der Waals surface area contributed by atoms with Crippen LogP contribution < -0.4 is 20.3 Å². The van der Waals surface area contributed by atoms with Gasteiger partial charge in [0.15, 0.2) is 28.2 Å². The van der Waals surface area contributed by atoms with Gasteiger partial charge in [0.25, 0.3) is 0 Å². The Morgan fingerprint density at radius 3 is 2.46 bits per heavy atom. The number of para-hydroxylation sites is 1.